The highest BCUT2D eigenvalue weighted by atomic mass is 16.6. The lowest BCUT2D eigenvalue weighted by molar-refractivity contribution is 0.0967. The predicted octanol–water partition coefficient (Wildman–Crippen LogP) is 3.14. The van der Waals surface area contributed by atoms with E-state index in [9.17, 15) is 4.79 Å². The van der Waals surface area contributed by atoms with Crippen LogP contribution in [0.4, 0.5) is 10.6 Å². The second-order valence-electron chi connectivity index (χ2n) is 8.30. The Kier molecular flexibility index (Phi) is 3.81. The summed E-state index contributed by atoms with van der Waals surface area (Å²) in [4.78, 5) is 11.9. The number of alkyl carbamates (subject to hydrolysis) is 1. The summed E-state index contributed by atoms with van der Waals surface area (Å²) in [5.74, 6) is 1.01. The summed E-state index contributed by atoms with van der Waals surface area (Å²) in [5, 5.41) is 7.63. The molecular weight excluding hydrogens is 292 g/mol. The minimum atomic E-state index is -0.282. The van der Waals surface area contributed by atoms with E-state index in [-0.39, 0.29) is 23.3 Å². The van der Waals surface area contributed by atoms with Gasteiger partial charge in [-0.25, -0.2) is 9.48 Å². The Labute approximate surface area is 137 Å². The average molecular weight is 320 g/mol. The highest BCUT2D eigenvalue weighted by Crippen LogP contribution is 2.38. The Hall–Kier alpha value is -1.72. The molecule has 0 bridgehead atoms. The first-order valence-corrected chi connectivity index (χ1v) is 8.51. The van der Waals surface area contributed by atoms with Crippen LogP contribution in [0.1, 0.15) is 71.4 Å². The van der Waals surface area contributed by atoms with Gasteiger partial charge in [-0.15, -0.1) is 0 Å². The lowest BCUT2D eigenvalue weighted by Gasteiger charge is -2.20. The van der Waals surface area contributed by atoms with Crippen molar-refractivity contribution in [3.05, 3.63) is 11.8 Å². The average Bonchev–Trinajstić information content (AvgIpc) is 2.86. The van der Waals surface area contributed by atoms with Gasteiger partial charge in [-0.05, 0) is 59.8 Å². The van der Waals surface area contributed by atoms with Gasteiger partial charge in [-0.3, -0.25) is 0 Å². The van der Waals surface area contributed by atoms with Crippen LogP contribution >= 0.6 is 0 Å². The zero-order valence-electron chi connectivity index (χ0n) is 14.6. The van der Waals surface area contributed by atoms with Crippen LogP contribution in [0.2, 0.25) is 0 Å². The van der Waals surface area contributed by atoms with Crippen LogP contribution in [-0.4, -0.2) is 27.5 Å². The molecule has 23 heavy (non-hydrogen) atoms. The van der Waals surface area contributed by atoms with Gasteiger partial charge in [-0.1, -0.05) is 0 Å². The number of carbonyl (C=O) groups is 1. The number of carbonyl (C=O) groups excluding carboxylic acids is 1. The largest absolute Gasteiger partial charge is 0.446 e. The van der Waals surface area contributed by atoms with Crippen molar-refractivity contribution in [2.75, 3.05) is 5.73 Å². The molecule has 1 aromatic rings. The van der Waals surface area contributed by atoms with E-state index in [2.05, 4.69) is 31.2 Å². The van der Waals surface area contributed by atoms with Crippen molar-refractivity contribution in [1.29, 1.82) is 0 Å². The van der Waals surface area contributed by atoms with E-state index in [1.165, 1.54) is 0 Å². The maximum absolute atomic E-state index is 11.9. The van der Waals surface area contributed by atoms with E-state index >= 15 is 0 Å². The molecule has 1 heterocycles. The van der Waals surface area contributed by atoms with Crippen molar-refractivity contribution < 1.29 is 9.53 Å². The van der Waals surface area contributed by atoms with E-state index in [1.54, 1.807) is 0 Å². The first kappa shape index (κ1) is 16.1. The summed E-state index contributed by atoms with van der Waals surface area (Å²) < 4.78 is 7.44. The van der Waals surface area contributed by atoms with E-state index in [4.69, 9.17) is 10.5 Å². The third-order valence-electron chi connectivity index (χ3n) is 4.87. The molecule has 0 aliphatic heterocycles. The molecule has 0 radical (unpaired) electrons. The smallest absolute Gasteiger partial charge is 0.407 e. The molecule has 1 unspecified atom stereocenters. The fraction of sp³-hybridized carbons (Fsp3) is 0.765. The number of hydrogen-bond acceptors (Lipinski definition) is 4. The fourth-order valence-electron chi connectivity index (χ4n) is 3.21. The normalized spacial score (nSPS) is 26.1. The maximum Gasteiger partial charge on any atom is 0.407 e. The first-order chi connectivity index (χ1) is 10.7. The number of hydrogen-bond donors (Lipinski definition) is 2. The van der Waals surface area contributed by atoms with E-state index in [0.717, 1.165) is 37.8 Å². The first-order valence-electron chi connectivity index (χ1n) is 8.51. The highest BCUT2D eigenvalue weighted by molar-refractivity contribution is 5.69. The van der Waals surface area contributed by atoms with Crippen molar-refractivity contribution in [3.8, 4) is 0 Å². The van der Waals surface area contributed by atoms with Gasteiger partial charge in [0.05, 0.1) is 11.2 Å². The molecule has 6 nitrogen and oxygen atoms in total. The van der Waals surface area contributed by atoms with Crippen LogP contribution in [0.3, 0.4) is 0 Å². The SMILES string of the molecule is CC1(NC(=O)OC2CC[C@H](c3cc(N)n(C(C)(C)C)n3)C2)CC1. The number of amides is 1. The lowest BCUT2D eigenvalue weighted by Crippen LogP contribution is -2.36. The number of rotatable bonds is 3. The molecule has 2 saturated carbocycles. The zero-order chi connectivity index (χ0) is 16.8. The van der Waals surface area contributed by atoms with Crippen LogP contribution in [0, 0.1) is 0 Å². The summed E-state index contributed by atoms with van der Waals surface area (Å²) in [6, 6.07) is 1.96. The summed E-state index contributed by atoms with van der Waals surface area (Å²) in [5.41, 5.74) is 6.94. The summed E-state index contributed by atoms with van der Waals surface area (Å²) >= 11 is 0. The van der Waals surface area contributed by atoms with Gasteiger partial charge in [0.25, 0.3) is 0 Å². The van der Waals surface area contributed by atoms with E-state index in [1.807, 2.05) is 17.7 Å². The number of nitrogens with one attached hydrogen (secondary N) is 1. The molecule has 2 fully saturated rings. The van der Waals surface area contributed by atoms with Crippen LogP contribution in [0.15, 0.2) is 6.07 Å². The number of nitrogen functional groups attached to an aromatic ring is 1. The van der Waals surface area contributed by atoms with Crippen molar-refractivity contribution >= 4 is 11.9 Å². The molecule has 2 atom stereocenters. The molecule has 6 heteroatoms. The molecule has 0 spiro atoms. The molecule has 2 aliphatic rings. The van der Waals surface area contributed by atoms with Crippen LogP contribution in [-0.2, 0) is 10.3 Å². The molecule has 1 aromatic heterocycles. The number of nitrogens with two attached hydrogens (primary N) is 1. The highest BCUT2D eigenvalue weighted by Gasteiger charge is 2.40. The third kappa shape index (κ3) is 3.62. The van der Waals surface area contributed by atoms with Gasteiger partial charge in [-0.2, -0.15) is 5.10 Å². The van der Waals surface area contributed by atoms with Crippen LogP contribution < -0.4 is 11.1 Å². The topological polar surface area (TPSA) is 82.2 Å². The summed E-state index contributed by atoms with van der Waals surface area (Å²) in [6.45, 7) is 8.31. The van der Waals surface area contributed by atoms with Crippen molar-refractivity contribution in [3.63, 3.8) is 0 Å². The monoisotopic (exact) mass is 320 g/mol. The maximum atomic E-state index is 11.9. The van der Waals surface area contributed by atoms with Gasteiger partial charge in [0.2, 0.25) is 0 Å². The lowest BCUT2D eigenvalue weighted by atomic mass is 10.0. The van der Waals surface area contributed by atoms with Gasteiger partial charge >= 0.3 is 6.09 Å². The molecule has 1 amide bonds. The zero-order valence-corrected chi connectivity index (χ0v) is 14.6. The van der Waals surface area contributed by atoms with Crippen molar-refractivity contribution in [2.24, 2.45) is 0 Å². The molecular formula is C17H28N4O2. The molecule has 128 valence electrons. The van der Waals surface area contributed by atoms with Crippen LogP contribution in [0.25, 0.3) is 0 Å². The third-order valence-corrected chi connectivity index (χ3v) is 4.87. The summed E-state index contributed by atoms with van der Waals surface area (Å²) in [7, 11) is 0. The number of aromatic nitrogens is 2. The Balaban J connectivity index is 1.58. The Morgan fingerprint density at radius 1 is 1.43 bits per heavy atom. The molecule has 2 aliphatic carbocycles. The predicted molar refractivity (Wildman–Crippen MR) is 89.3 cm³/mol. The minimum absolute atomic E-state index is 0.0247. The van der Waals surface area contributed by atoms with Gasteiger partial charge in [0, 0.05) is 17.5 Å². The second-order valence-corrected chi connectivity index (χ2v) is 8.30. The minimum Gasteiger partial charge on any atom is -0.446 e. The number of anilines is 1. The molecule has 0 aromatic carbocycles. The molecule has 0 saturated heterocycles. The number of ether oxygens (including phenoxy) is 1. The molecule has 3 rings (SSSR count). The number of nitrogens with zero attached hydrogens (tertiary/aromatic N) is 2. The Morgan fingerprint density at radius 3 is 2.70 bits per heavy atom. The Bertz CT molecular complexity index is 598. The van der Waals surface area contributed by atoms with Gasteiger partial charge in [0.15, 0.2) is 0 Å². The molecule has 3 N–H and O–H groups in total. The second kappa shape index (κ2) is 5.42. The standard InChI is InChI=1S/C17H28N4O2/c1-16(2,3)21-14(18)10-13(20-21)11-5-6-12(9-11)23-15(22)19-17(4)7-8-17/h10-12H,5-9,18H2,1-4H3,(H,19,22)/t11-,12?/m0/s1. The van der Waals surface area contributed by atoms with E-state index < -0.39 is 0 Å². The quantitative estimate of drug-likeness (QED) is 0.896. The van der Waals surface area contributed by atoms with Gasteiger partial charge in [0.1, 0.15) is 11.9 Å². The Morgan fingerprint density at radius 2 is 2.13 bits per heavy atom. The van der Waals surface area contributed by atoms with Gasteiger partial charge < -0.3 is 15.8 Å². The van der Waals surface area contributed by atoms with Crippen molar-refractivity contribution in [2.45, 2.75) is 82.9 Å². The van der Waals surface area contributed by atoms with Crippen molar-refractivity contribution in [1.82, 2.24) is 15.1 Å². The van der Waals surface area contributed by atoms with Crippen LogP contribution in [0.5, 0.6) is 0 Å². The fourth-order valence-corrected chi connectivity index (χ4v) is 3.21. The summed E-state index contributed by atoms with van der Waals surface area (Å²) in [6.07, 6.45) is 4.47. The van der Waals surface area contributed by atoms with E-state index in [0.29, 0.717) is 11.7 Å².